The van der Waals surface area contributed by atoms with E-state index in [9.17, 15) is 4.79 Å². The van der Waals surface area contributed by atoms with E-state index in [0.29, 0.717) is 5.75 Å². The molecule has 0 bridgehead atoms. The number of ether oxygens (including phenoxy) is 1. The van der Waals surface area contributed by atoms with E-state index in [-0.39, 0.29) is 18.6 Å². The van der Waals surface area contributed by atoms with Crippen molar-refractivity contribution in [3.8, 4) is 5.75 Å². The lowest BCUT2D eigenvalue weighted by Crippen LogP contribution is -2.35. The van der Waals surface area contributed by atoms with E-state index in [4.69, 9.17) is 4.74 Å². The molecule has 1 aromatic rings. The fraction of sp³-hybridized carbons (Fsp3) is 0.500. The lowest BCUT2D eigenvalue weighted by atomic mass is 10.2. The summed E-state index contributed by atoms with van der Waals surface area (Å²) in [4.78, 5) is 11.6. The third kappa shape index (κ3) is 4.69. The van der Waals surface area contributed by atoms with E-state index < -0.39 is 0 Å². The molecule has 1 N–H and O–H groups in total. The molecule has 3 nitrogen and oxygen atoms in total. The lowest BCUT2D eigenvalue weighted by Gasteiger charge is -2.13. The predicted molar refractivity (Wildman–Crippen MR) is 76.9 cm³/mol. The molecule has 0 radical (unpaired) electrons. The first-order chi connectivity index (χ1) is 8.56. The molecule has 100 valence electrons. The summed E-state index contributed by atoms with van der Waals surface area (Å²) in [7, 11) is 0. The molecule has 4 heteroatoms. The summed E-state index contributed by atoms with van der Waals surface area (Å²) in [5.41, 5.74) is 1.23. The van der Waals surface area contributed by atoms with Gasteiger partial charge in [-0.3, -0.25) is 4.79 Å². The number of hydrogen-bond acceptors (Lipinski definition) is 2. The maximum Gasteiger partial charge on any atom is 0.258 e. The highest BCUT2D eigenvalue weighted by Gasteiger charge is 2.08. The maximum absolute atomic E-state index is 11.6. The fourth-order valence-electron chi connectivity index (χ4n) is 1.44. The van der Waals surface area contributed by atoms with Crippen LogP contribution in [0.5, 0.6) is 5.75 Å². The standard InChI is InChI=1S/C14H20BrNO2/c1-4-10(3)16-14(17)9-18-13-7-6-11(5-2)8-12(13)15/h6-8,10H,4-5,9H2,1-3H3,(H,16,17). The molecule has 18 heavy (non-hydrogen) atoms. The van der Waals surface area contributed by atoms with Gasteiger partial charge in [0.2, 0.25) is 0 Å². The summed E-state index contributed by atoms with van der Waals surface area (Å²) in [5.74, 6) is 0.613. The van der Waals surface area contributed by atoms with Crippen molar-refractivity contribution in [3.05, 3.63) is 28.2 Å². The van der Waals surface area contributed by atoms with Gasteiger partial charge in [-0.1, -0.05) is 19.9 Å². The van der Waals surface area contributed by atoms with Gasteiger partial charge in [0.1, 0.15) is 5.75 Å². The Labute approximate surface area is 117 Å². The first-order valence-corrected chi connectivity index (χ1v) is 7.06. The van der Waals surface area contributed by atoms with E-state index in [0.717, 1.165) is 17.3 Å². The van der Waals surface area contributed by atoms with Crippen molar-refractivity contribution < 1.29 is 9.53 Å². The molecule has 0 saturated carbocycles. The number of carbonyl (C=O) groups excluding carboxylic acids is 1. The normalized spacial score (nSPS) is 12.0. The maximum atomic E-state index is 11.6. The molecule has 0 aliphatic rings. The Morgan fingerprint density at radius 2 is 2.17 bits per heavy atom. The second-order valence-electron chi connectivity index (χ2n) is 4.28. The van der Waals surface area contributed by atoms with Gasteiger partial charge in [-0.15, -0.1) is 0 Å². The second kappa shape index (κ2) is 7.41. The number of benzene rings is 1. The predicted octanol–water partition coefficient (Wildman–Crippen LogP) is 3.31. The highest BCUT2D eigenvalue weighted by molar-refractivity contribution is 9.10. The van der Waals surface area contributed by atoms with Crippen LogP contribution in [0.1, 0.15) is 32.8 Å². The first-order valence-electron chi connectivity index (χ1n) is 6.27. The number of nitrogens with one attached hydrogen (secondary N) is 1. The quantitative estimate of drug-likeness (QED) is 0.875. The van der Waals surface area contributed by atoms with Crippen LogP contribution >= 0.6 is 15.9 Å². The highest BCUT2D eigenvalue weighted by atomic mass is 79.9. The third-order valence-electron chi connectivity index (χ3n) is 2.78. The Bertz CT molecular complexity index is 407. The van der Waals surface area contributed by atoms with Crippen LogP contribution in [0, 0.1) is 0 Å². The molecule has 0 saturated heterocycles. The van der Waals surface area contributed by atoms with Crippen LogP contribution in [0.3, 0.4) is 0 Å². The molecule has 0 aromatic heterocycles. The zero-order valence-corrected chi connectivity index (χ0v) is 12.7. The van der Waals surface area contributed by atoms with E-state index in [2.05, 4.69) is 28.2 Å². The molecule has 0 spiro atoms. The number of rotatable bonds is 6. The van der Waals surface area contributed by atoms with E-state index >= 15 is 0 Å². The average molecular weight is 314 g/mol. The van der Waals surface area contributed by atoms with Gasteiger partial charge in [0.25, 0.3) is 5.91 Å². The van der Waals surface area contributed by atoms with Crippen molar-refractivity contribution in [3.63, 3.8) is 0 Å². The summed E-state index contributed by atoms with van der Waals surface area (Å²) < 4.78 is 6.37. The summed E-state index contributed by atoms with van der Waals surface area (Å²) in [5, 5.41) is 2.86. The van der Waals surface area contributed by atoms with Crippen LogP contribution in [-0.4, -0.2) is 18.6 Å². The van der Waals surface area contributed by atoms with Crippen molar-refractivity contribution >= 4 is 21.8 Å². The van der Waals surface area contributed by atoms with Crippen LogP contribution in [0.25, 0.3) is 0 Å². The van der Waals surface area contributed by atoms with Gasteiger partial charge in [-0.2, -0.15) is 0 Å². The first kappa shape index (κ1) is 15.0. The third-order valence-corrected chi connectivity index (χ3v) is 3.40. The molecule has 1 rings (SSSR count). The average Bonchev–Trinajstić information content (AvgIpc) is 2.36. The van der Waals surface area contributed by atoms with Crippen molar-refractivity contribution in [1.29, 1.82) is 0 Å². The SMILES string of the molecule is CCc1ccc(OCC(=O)NC(C)CC)c(Br)c1. The van der Waals surface area contributed by atoms with Crippen molar-refractivity contribution in [1.82, 2.24) is 5.32 Å². The summed E-state index contributed by atoms with van der Waals surface area (Å²) in [6.07, 6.45) is 1.90. The summed E-state index contributed by atoms with van der Waals surface area (Å²) >= 11 is 3.45. The number of hydrogen-bond donors (Lipinski definition) is 1. The van der Waals surface area contributed by atoms with Gasteiger partial charge >= 0.3 is 0 Å². The molecule has 1 aromatic carbocycles. The van der Waals surface area contributed by atoms with Gasteiger partial charge in [0.05, 0.1) is 4.47 Å². The van der Waals surface area contributed by atoms with E-state index in [1.54, 1.807) is 0 Å². The molecule has 1 amide bonds. The fourth-order valence-corrected chi connectivity index (χ4v) is 1.98. The summed E-state index contributed by atoms with van der Waals surface area (Å²) in [6.45, 7) is 6.16. The Morgan fingerprint density at radius 1 is 1.44 bits per heavy atom. The van der Waals surface area contributed by atoms with Gasteiger partial charge in [-0.25, -0.2) is 0 Å². The van der Waals surface area contributed by atoms with Crippen LogP contribution < -0.4 is 10.1 Å². The number of halogens is 1. The van der Waals surface area contributed by atoms with Crippen LogP contribution in [-0.2, 0) is 11.2 Å². The van der Waals surface area contributed by atoms with Crippen molar-refractivity contribution in [2.24, 2.45) is 0 Å². The Balaban J connectivity index is 2.51. The molecule has 1 unspecified atom stereocenters. The number of amides is 1. The monoisotopic (exact) mass is 313 g/mol. The smallest absolute Gasteiger partial charge is 0.258 e. The van der Waals surface area contributed by atoms with Crippen molar-refractivity contribution in [2.45, 2.75) is 39.7 Å². The van der Waals surface area contributed by atoms with Crippen molar-refractivity contribution in [2.75, 3.05) is 6.61 Å². The van der Waals surface area contributed by atoms with Crippen LogP contribution in [0.2, 0.25) is 0 Å². The van der Waals surface area contributed by atoms with Crippen LogP contribution in [0.4, 0.5) is 0 Å². The van der Waals surface area contributed by atoms with E-state index in [1.165, 1.54) is 5.56 Å². The number of aryl methyl sites for hydroxylation is 1. The molecule has 0 fully saturated rings. The Morgan fingerprint density at radius 3 is 2.72 bits per heavy atom. The minimum atomic E-state index is -0.0872. The highest BCUT2D eigenvalue weighted by Crippen LogP contribution is 2.26. The minimum absolute atomic E-state index is 0.0500. The molecular formula is C14H20BrNO2. The Hall–Kier alpha value is -1.03. The zero-order valence-electron chi connectivity index (χ0n) is 11.1. The summed E-state index contributed by atoms with van der Waals surface area (Å²) in [6, 6.07) is 6.10. The number of carbonyl (C=O) groups is 1. The molecular weight excluding hydrogens is 294 g/mol. The topological polar surface area (TPSA) is 38.3 Å². The van der Waals surface area contributed by atoms with Gasteiger partial charge in [0.15, 0.2) is 6.61 Å². The molecule has 0 aliphatic carbocycles. The van der Waals surface area contributed by atoms with E-state index in [1.807, 2.05) is 32.0 Å². The van der Waals surface area contributed by atoms with Gasteiger partial charge < -0.3 is 10.1 Å². The Kier molecular flexibility index (Phi) is 6.19. The lowest BCUT2D eigenvalue weighted by molar-refractivity contribution is -0.123. The van der Waals surface area contributed by atoms with Gasteiger partial charge in [0, 0.05) is 6.04 Å². The molecule has 0 heterocycles. The molecule has 0 aliphatic heterocycles. The second-order valence-corrected chi connectivity index (χ2v) is 5.14. The molecule has 1 atom stereocenters. The van der Waals surface area contributed by atoms with Gasteiger partial charge in [-0.05, 0) is 53.4 Å². The zero-order chi connectivity index (χ0) is 13.5. The largest absolute Gasteiger partial charge is 0.483 e. The minimum Gasteiger partial charge on any atom is -0.483 e. The van der Waals surface area contributed by atoms with Crippen LogP contribution in [0.15, 0.2) is 22.7 Å².